The molecule has 0 saturated carbocycles. The maximum absolute atomic E-state index is 5.14. The fraction of sp³-hybridized carbons (Fsp3) is 0.154. The number of hydrogen-bond acceptors (Lipinski definition) is 6. The quantitative estimate of drug-likeness (QED) is 0.376. The Labute approximate surface area is 132 Å². The van der Waals surface area contributed by atoms with Crippen molar-refractivity contribution in [3.63, 3.8) is 0 Å². The van der Waals surface area contributed by atoms with Gasteiger partial charge in [0.05, 0.1) is 0 Å². The Morgan fingerprint density at radius 1 is 1.38 bits per heavy atom. The van der Waals surface area contributed by atoms with Gasteiger partial charge in [-0.3, -0.25) is 0 Å². The molecule has 0 aliphatic carbocycles. The Kier molecular flexibility index (Phi) is 5.59. The van der Waals surface area contributed by atoms with Gasteiger partial charge in [-0.1, -0.05) is 6.08 Å². The maximum atomic E-state index is 5.14. The van der Waals surface area contributed by atoms with Crippen molar-refractivity contribution >= 4 is 35.0 Å². The Morgan fingerprint density at radius 2 is 2.14 bits per heavy atom. The van der Waals surface area contributed by atoms with E-state index >= 15 is 0 Å². The zero-order valence-corrected chi connectivity index (χ0v) is 13.0. The number of thiocarbonyl (C=S) groups is 1. The van der Waals surface area contributed by atoms with E-state index in [4.69, 9.17) is 12.2 Å². The lowest BCUT2D eigenvalue weighted by molar-refractivity contribution is 0.951. The van der Waals surface area contributed by atoms with Crippen LogP contribution in [0.3, 0.4) is 0 Å². The molecule has 2 rings (SSSR count). The predicted molar refractivity (Wildman–Crippen MR) is 87.3 cm³/mol. The number of aryl methyl sites for hydroxylation is 1. The van der Waals surface area contributed by atoms with Gasteiger partial charge in [-0.15, -0.1) is 6.58 Å². The molecule has 0 spiro atoms. The Bertz CT molecular complexity index is 632. The van der Waals surface area contributed by atoms with Crippen LogP contribution in [-0.4, -0.2) is 31.6 Å². The van der Waals surface area contributed by atoms with Crippen LogP contribution in [0.4, 0.5) is 5.95 Å². The number of anilines is 1. The molecule has 0 aliphatic heterocycles. The third-order valence-electron chi connectivity index (χ3n) is 2.20. The highest BCUT2D eigenvalue weighted by Gasteiger charge is 2.07. The van der Waals surface area contributed by atoms with Crippen LogP contribution in [-0.2, 0) is 0 Å². The van der Waals surface area contributed by atoms with Crippen LogP contribution in [0.15, 0.2) is 47.4 Å². The number of hydrogen-bond donors (Lipinski definition) is 2. The molecule has 8 heteroatoms. The van der Waals surface area contributed by atoms with E-state index < -0.39 is 0 Å². The van der Waals surface area contributed by atoms with Crippen LogP contribution >= 0.6 is 24.0 Å². The third kappa shape index (κ3) is 5.09. The van der Waals surface area contributed by atoms with Crippen LogP contribution < -0.4 is 10.6 Å². The average molecular weight is 318 g/mol. The summed E-state index contributed by atoms with van der Waals surface area (Å²) in [4.78, 5) is 17.0. The first kappa shape index (κ1) is 15.3. The van der Waals surface area contributed by atoms with Gasteiger partial charge >= 0.3 is 0 Å². The number of nitrogens with one attached hydrogen (secondary N) is 2. The largest absolute Gasteiger partial charge is 0.359 e. The monoisotopic (exact) mass is 318 g/mol. The summed E-state index contributed by atoms with van der Waals surface area (Å²) >= 11 is 6.50. The smallest absolute Gasteiger partial charge is 0.230 e. The van der Waals surface area contributed by atoms with Gasteiger partial charge in [-0.05, 0) is 43.0 Å². The number of aromatic nitrogens is 4. The Morgan fingerprint density at radius 3 is 2.86 bits per heavy atom. The van der Waals surface area contributed by atoms with Gasteiger partial charge in [-0.25, -0.2) is 19.9 Å². The van der Waals surface area contributed by atoms with Crippen molar-refractivity contribution in [1.29, 1.82) is 0 Å². The second-order valence-electron chi connectivity index (χ2n) is 3.93. The molecule has 0 bridgehead atoms. The second-order valence-corrected chi connectivity index (χ2v) is 5.32. The third-order valence-corrected chi connectivity index (χ3v) is 3.26. The van der Waals surface area contributed by atoms with E-state index in [1.165, 1.54) is 11.8 Å². The molecule has 21 heavy (non-hydrogen) atoms. The number of nitrogens with zero attached hydrogens (tertiary/aromatic N) is 4. The fourth-order valence-corrected chi connectivity index (χ4v) is 2.34. The molecular weight excluding hydrogens is 304 g/mol. The van der Waals surface area contributed by atoms with E-state index in [1.807, 2.05) is 13.0 Å². The molecule has 0 radical (unpaired) electrons. The lowest BCUT2D eigenvalue weighted by Gasteiger charge is -2.09. The van der Waals surface area contributed by atoms with Crippen LogP contribution in [0.2, 0.25) is 0 Å². The van der Waals surface area contributed by atoms with Gasteiger partial charge in [-0.2, -0.15) is 0 Å². The molecule has 0 saturated heterocycles. The molecule has 2 aromatic rings. The summed E-state index contributed by atoms with van der Waals surface area (Å²) in [5, 5.41) is 7.74. The lowest BCUT2D eigenvalue weighted by atomic mass is 10.5. The van der Waals surface area contributed by atoms with Gasteiger partial charge in [0.2, 0.25) is 5.95 Å². The SMILES string of the molecule is C=CCNC(=S)Nc1nc(C)cc(Sc2ncccn2)n1. The molecule has 0 aromatic carbocycles. The van der Waals surface area contributed by atoms with Crippen molar-refractivity contribution in [1.82, 2.24) is 25.3 Å². The molecule has 2 N–H and O–H groups in total. The predicted octanol–water partition coefficient (Wildman–Crippen LogP) is 2.20. The molecule has 0 unspecified atom stereocenters. The van der Waals surface area contributed by atoms with E-state index in [9.17, 15) is 0 Å². The van der Waals surface area contributed by atoms with Gasteiger partial charge in [0.25, 0.3) is 0 Å². The van der Waals surface area contributed by atoms with Crippen molar-refractivity contribution in [2.24, 2.45) is 0 Å². The normalized spacial score (nSPS) is 9.95. The first-order valence-corrected chi connectivity index (χ1v) is 7.36. The lowest BCUT2D eigenvalue weighted by Crippen LogP contribution is -2.29. The van der Waals surface area contributed by atoms with Crippen molar-refractivity contribution in [2.75, 3.05) is 11.9 Å². The Balaban J connectivity index is 2.10. The molecule has 0 amide bonds. The van der Waals surface area contributed by atoms with Crippen LogP contribution in [0.1, 0.15) is 5.69 Å². The van der Waals surface area contributed by atoms with Crippen molar-refractivity contribution in [3.8, 4) is 0 Å². The van der Waals surface area contributed by atoms with E-state index in [2.05, 4.69) is 37.1 Å². The highest BCUT2D eigenvalue weighted by molar-refractivity contribution is 7.99. The first-order chi connectivity index (χ1) is 10.2. The average Bonchev–Trinajstić information content (AvgIpc) is 2.45. The minimum atomic E-state index is 0.440. The highest BCUT2D eigenvalue weighted by Crippen LogP contribution is 2.23. The van der Waals surface area contributed by atoms with E-state index in [1.54, 1.807) is 24.5 Å². The van der Waals surface area contributed by atoms with Crippen LogP contribution in [0.25, 0.3) is 0 Å². The molecule has 2 aromatic heterocycles. The summed E-state index contributed by atoms with van der Waals surface area (Å²) in [7, 11) is 0. The van der Waals surface area contributed by atoms with Crippen LogP contribution in [0.5, 0.6) is 0 Å². The zero-order chi connectivity index (χ0) is 15.1. The second kappa shape index (κ2) is 7.65. The molecule has 6 nitrogen and oxygen atoms in total. The molecule has 0 aliphatic rings. The maximum Gasteiger partial charge on any atom is 0.230 e. The molecular formula is C13H14N6S2. The number of rotatable bonds is 5. The summed E-state index contributed by atoms with van der Waals surface area (Å²) in [6.07, 6.45) is 5.10. The summed E-state index contributed by atoms with van der Waals surface area (Å²) in [5.74, 6) is 0.440. The highest BCUT2D eigenvalue weighted by atomic mass is 32.2. The summed E-state index contributed by atoms with van der Waals surface area (Å²) < 4.78 is 0. The molecule has 108 valence electrons. The molecule has 2 heterocycles. The van der Waals surface area contributed by atoms with Gasteiger partial charge < -0.3 is 10.6 Å². The summed E-state index contributed by atoms with van der Waals surface area (Å²) in [5.41, 5.74) is 0.831. The van der Waals surface area contributed by atoms with Crippen molar-refractivity contribution in [3.05, 3.63) is 42.9 Å². The molecule has 0 fully saturated rings. The molecule has 0 atom stereocenters. The van der Waals surface area contributed by atoms with E-state index in [0.717, 1.165) is 10.7 Å². The van der Waals surface area contributed by atoms with Crippen molar-refractivity contribution < 1.29 is 0 Å². The van der Waals surface area contributed by atoms with Crippen molar-refractivity contribution in [2.45, 2.75) is 17.1 Å². The fourth-order valence-electron chi connectivity index (χ4n) is 1.39. The Hall–Kier alpha value is -2.06. The summed E-state index contributed by atoms with van der Waals surface area (Å²) in [6.45, 7) is 6.09. The topological polar surface area (TPSA) is 75.6 Å². The van der Waals surface area contributed by atoms with Gasteiger partial charge in [0.1, 0.15) is 5.03 Å². The van der Waals surface area contributed by atoms with E-state index in [-0.39, 0.29) is 0 Å². The van der Waals surface area contributed by atoms with E-state index in [0.29, 0.717) is 22.8 Å². The standard InChI is InChI=1S/C13H14N6S2/c1-3-5-14-12(20)19-11-17-9(2)8-10(18-11)21-13-15-6-4-7-16-13/h3-4,6-8H,1,5H2,2H3,(H2,14,17,18,19,20). The van der Waals surface area contributed by atoms with Gasteiger partial charge in [0, 0.05) is 24.6 Å². The van der Waals surface area contributed by atoms with Gasteiger partial charge in [0.15, 0.2) is 10.3 Å². The zero-order valence-electron chi connectivity index (χ0n) is 11.4. The summed E-state index contributed by atoms with van der Waals surface area (Å²) in [6, 6.07) is 3.64. The minimum absolute atomic E-state index is 0.440. The van der Waals surface area contributed by atoms with Crippen LogP contribution in [0, 0.1) is 6.92 Å². The minimum Gasteiger partial charge on any atom is -0.359 e. The first-order valence-electron chi connectivity index (χ1n) is 6.13.